The minimum absolute atomic E-state index is 1.09. The summed E-state index contributed by atoms with van der Waals surface area (Å²) in [4.78, 5) is 24.2. The number of aliphatic hydroxyl groups excluding tert-OH is 9. The Hall–Kier alpha value is -2.09. The summed E-state index contributed by atoms with van der Waals surface area (Å²) < 4.78 is 142. The second kappa shape index (κ2) is 19.1. The highest BCUT2D eigenvalue weighted by Crippen LogP contribution is 2.35. The zero-order valence-corrected chi connectivity index (χ0v) is 31.4. The number of aliphatic carboxylic acids is 2. The molecule has 4 saturated heterocycles. The van der Waals surface area contributed by atoms with Crippen LogP contribution < -0.4 is 9.44 Å². The Balaban J connectivity index is 1.68. The van der Waals surface area contributed by atoms with Gasteiger partial charge in [0.2, 0.25) is 0 Å². The summed E-state index contributed by atoms with van der Waals surface area (Å²) in [5.74, 6) is -4.08. The maximum absolute atomic E-state index is 12.4. The van der Waals surface area contributed by atoms with E-state index in [4.69, 9.17) is 28.4 Å². The number of carbonyl (C=O) groups is 2. The van der Waals surface area contributed by atoms with Crippen LogP contribution in [0.2, 0.25) is 0 Å². The molecule has 0 aromatic carbocycles. The SMILES string of the molecule is O=C(O)[C@H]1O[C@@H](O)[C@H](O)[C@@H](O)[C@@H]1O[C@H]1O[C@H](COS(=O)(=O)O)[C@@H](O[C@@H]2O[C@H](C(=O)O)[C@@H](O[C@H]3O[C@H](CO)[C@@H](O)[C@H](O)[C@H]3NS(=O)(=O)O)[C@H](O)[C@H]2O)[C@H](O)[C@H]1NS(=O)(=O)O. The van der Waals surface area contributed by atoms with Crippen LogP contribution in [0.4, 0.5) is 0 Å². The molecule has 4 aliphatic rings. The van der Waals surface area contributed by atoms with Crippen molar-refractivity contribution in [2.75, 3.05) is 13.2 Å². The lowest BCUT2D eigenvalue weighted by Gasteiger charge is -2.49. The summed E-state index contributed by atoms with van der Waals surface area (Å²) in [5, 5.41) is 114. The molecule has 16 N–H and O–H groups in total. The van der Waals surface area contributed by atoms with E-state index in [1.54, 1.807) is 0 Å². The van der Waals surface area contributed by atoms with E-state index in [2.05, 4.69) is 8.92 Å². The van der Waals surface area contributed by atoms with Crippen LogP contribution in [0.3, 0.4) is 0 Å². The molecule has 344 valence electrons. The Morgan fingerprint density at radius 2 is 0.966 bits per heavy atom. The van der Waals surface area contributed by atoms with Crippen LogP contribution in [0.5, 0.6) is 0 Å². The van der Waals surface area contributed by atoms with Crippen LogP contribution in [0.25, 0.3) is 0 Å². The molecule has 0 aromatic heterocycles. The molecule has 0 bridgehead atoms. The molecule has 32 nitrogen and oxygen atoms in total. The van der Waals surface area contributed by atoms with Gasteiger partial charge in [-0.05, 0) is 0 Å². The minimum atomic E-state index is -5.52. The molecule has 20 atom stereocenters. The van der Waals surface area contributed by atoms with Crippen molar-refractivity contribution in [3.63, 3.8) is 0 Å². The Kier molecular flexibility index (Phi) is 16.1. The molecular formula is C24H40N2O30S3. The van der Waals surface area contributed by atoms with Gasteiger partial charge in [-0.25, -0.2) is 13.8 Å². The van der Waals surface area contributed by atoms with Crippen LogP contribution in [0, 0.1) is 0 Å². The smallest absolute Gasteiger partial charge is 0.397 e. The van der Waals surface area contributed by atoms with Crippen molar-refractivity contribution in [1.82, 2.24) is 9.44 Å². The molecular weight excluding hydrogens is 892 g/mol. The lowest BCUT2D eigenvalue weighted by atomic mass is 9.94. The molecule has 59 heavy (non-hydrogen) atoms. The van der Waals surface area contributed by atoms with E-state index in [0.717, 1.165) is 0 Å². The molecule has 4 fully saturated rings. The second-order valence-corrected chi connectivity index (χ2v) is 16.5. The molecule has 0 radical (unpaired) electrons. The lowest BCUT2D eigenvalue weighted by molar-refractivity contribution is -0.369. The van der Waals surface area contributed by atoms with Crippen LogP contribution in [0.1, 0.15) is 0 Å². The molecule has 4 aliphatic heterocycles. The van der Waals surface area contributed by atoms with Gasteiger partial charge in [0.15, 0.2) is 37.4 Å². The maximum atomic E-state index is 12.4. The van der Waals surface area contributed by atoms with Crippen LogP contribution in [-0.2, 0) is 77.9 Å². The van der Waals surface area contributed by atoms with E-state index in [1.165, 1.54) is 9.44 Å². The molecule has 0 unspecified atom stereocenters. The molecule has 4 heterocycles. The van der Waals surface area contributed by atoms with Gasteiger partial charge in [-0.15, -0.1) is 0 Å². The molecule has 4 rings (SSSR count). The van der Waals surface area contributed by atoms with Crippen molar-refractivity contribution >= 4 is 42.9 Å². The number of aliphatic hydroxyl groups is 9. The van der Waals surface area contributed by atoms with Gasteiger partial charge in [-0.2, -0.15) is 34.7 Å². The van der Waals surface area contributed by atoms with Gasteiger partial charge in [0.1, 0.15) is 85.3 Å². The quantitative estimate of drug-likeness (QED) is 0.0639. The fourth-order valence-electron chi connectivity index (χ4n) is 6.25. The lowest BCUT2D eigenvalue weighted by Crippen LogP contribution is -2.70. The highest BCUT2D eigenvalue weighted by molar-refractivity contribution is 7.84. The predicted molar refractivity (Wildman–Crippen MR) is 170 cm³/mol. The van der Waals surface area contributed by atoms with Gasteiger partial charge >= 0.3 is 42.9 Å². The summed E-state index contributed by atoms with van der Waals surface area (Å²) in [6.45, 7) is -2.59. The summed E-state index contributed by atoms with van der Waals surface area (Å²) in [6, 6.07) is -4.73. The van der Waals surface area contributed by atoms with Gasteiger partial charge in [0, 0.05) is 0 Å². The van der Waals surface area contributed by atoms with Crippen molar-refractivity contribution in [1.29, 1.82) is 0 Å². The standard InChI is InChI=1S/C24H40N2O30S3/c27-1-3-7(28)8(29)5(25-57(40,41)42)22(50-3)55-16-11(32)13(34)24(56-18(16)20(37)38)53-14-4(2-49-59(46,47)48)51-23(6(9(14)30)26-58(43,44)45)54-15-10(31)12(33)21(39)52-17(15)19(35)36/h3-18,21-34,39H,1-2H2,(H,35,36)(H,37,38)(H,40,41,42)(H,43,44,45)(H,46,47,48)/t3-,4-,5-,6-,7-,8-,9-,10-,11-,12-,13-,14-,15+,16+,17+,18+,21-,22-,23-,24-/m1/s1. The largest absolute Gasteiger partial charge is 0.479 e. The topological polar surface area (TPSA) is 518 Å². The molecule has 0 amide bonds. The average Bonchev–Trinajstić information content (AvgIpc) is 3.11. The first-order valence-corrected chi connectivity index (χ1v) is 20.5. The van der Waals surface area contributed by atoms with Crippen LogP contribution >= 0.6 is 0 Å². The van der Waals surface area contributed by atoms with E-state index >= 15 is 0 Å². The number of nitrogens with one attached hydrogen (secondary N) is 2. The zero-order chi connectivity index (χ0) is 44.7. The first kappa shape index (κ1) is 49.6. The van der Waals surface area contributed by atoms with Crippen molar-refractivity contribution < 1.29 is 142 Å². The van der Waals surface area contributed by atoms with E-state index in [-0.39, 0.29) is 0 Å². The Morgan fingerprint density at radius 3 is 1.42 bits per heavy atom. The van der Waals surface area contributed by atoms with Gasteiger partial charge < -0.3 is 89.3 Å². The van der Waals surface area contributed by atoms with Crippen molar-refractivity contribution in [2.24, 2.45) is 0 Å². The van der Waals surface area contributed by atoms with E-state index in [1.807, 2.05) is 0 Å². The third-order valence-corrected chi connectivity index (χ3v) is 10.5. The van der Waals surface area contributed by atoms with E-state index in [9.17, 15) is 105 Å². The summed E-state index contributed by atoms with van der Waals surface area (Å²) in [7, 11) is -16.3. The van der Waals surface area contributed by atoms with Crippen LogP contribution in [0.15, 0.2) is 0 Å². The number of ether oxygens (including phenoxy) is 7. The summed E-state index contributed by atoms with van der Waals surface area (Å²) in [6.07, 6.45) is -43.0. The minimum Gasteiger partial charge on any atom is -0.479 e. The fourth-order valence-corrected chi connectivity index (χ4v) is 7.75. The highest BCUT2D eigenvalue weighted by Gasteiger charge is 2.58. The Bertz CT molecular complexity index is 1800. The number of hydrogen-bond donors (Lipinski definition) is 16. The van der Waals surface area contributed by atoms with E-state index in [0.29, 0.717) is 0 Å². The third-order valence-electron chi connectivity index (χ3n) is 8.97. The summed E-state index contributed by atoms with van der Waals surface area (Å²) >= 11 is 0. The first-order chi connectivity index (χ1) is 27.0. The normalized spacial score (nSPS) is 43.9. The first-order valence-electron chi connectivity index (χ1n) is 16.3. The number of rotatable bonds is 16. The number of carboxylic acids is 2. The van der Waals surface area contributed by atoms with Crippen LogP contribution in [-0.4, -0.2) is 243 Å². The van der Waals surface area contributed by atoms with Crippen molar-refractivity contribution in [2.45, 2.75) is 123 Å². The zero-order valence-electron chi connectivity index (χ0n) is 29.0. The maximum Gasteiger partial charge on any atom is 0.397 e. The third kappa shape index (κ3) is 12.1. The highest BCUT2D eigenvalue weighted by atomic mass is 32.3. The summed E-state index contributed by atoms with van der Waals surface area (Å²) in [5.41, 5.74) is 0. The molecule has 0 aromatic rings. The number of hydrogen-bond acceptors (Lipinski definition) is 25. The van der Waals surface area contributed by atoms with E-state index < -0.39 is 179 Å². The Morgan fingerprint density at radius 1 is 0.525 bits per heavy atom. The predicted octanol–water partition coefficient (Wildman–Crippen LogP) is -10.9. The molecule has 0 spiro atoms. The molecule has 0 aliphatic carbocycles. The second-order valence-electron chi connectivity index (χ2n) is 13.0. The Labute approximate surface area is 330 Å². The molecule has 0 saturated carbocycles. The average molecular weight is 933 g/mol. The van der Waals surface area contributed by atoms with Gasteiger partial charge in [0.25, 0.3) is 0 Å². The number of carboxylic acid groups (broad SMARTS) is 2. The monoisotopic (exact) mass is 932 g/mol. The molecule has 35 heteroatoms. The fraction of sp³-hybridized carbons (Fsp3) is 0.917. The van der Waals surface area contributed by atoms with Crippen molar-refractivity contribution in [3.8, 4) is 0 Å². The van der Waals surface area contributed by atoms with Gasteiger partial charge in [-0.3, -0.25) is 13.7 Å². The van der Waals surface area contributed by atoms with Gasteiger partial charge in [-0.1, -0.05) is 0 Å². The van der Waals surface area contributed by atoms with Crippen molar-refractivity contribution in [3.05, 3.63) is 0 Å². The van der Waals surface area contributed by atoms with Gasteiger partial charge in [0.05, 0.1) is 13.2 Å².